The molecule has 0 spiro atoms. The summed E-state index contributed by atoms with van der Waals surface area (Å²) in [4.78, 5) is 14.9. The van der Waals surface area contributed by atoms with E-state index >= 15 is 0 Å². The SMILES string of the molecule is Cc1cc(OCc2nc(CC(=O)O)cs2)ccc1C(C)C. The predicted molar refractivity (Wildman–Crippen MR) is 83.1 cm³/mol. The molecule has 0 bridgehead atoms. The largest absolute Gasteiger partial charge is 0.486 e. The maximum absolute atomic E-state index is 10.6. The Morgan fingerprint density at radius 2 is 2.19 bits per heavy atom. The lowest BCUT2D eigenvalue weighted by molar-refractivity contribution is -0.136. The Bertz CT molecular complexity index is 634. The second-order valence-corrected chi connectivity index (χ2v) is 6.21. The monoisotopic (exact) mass is 305 g/mol. The molecule has 0 amide bonds. The van der Waals surface area contributed by atoms with Crippen molar-refractivity contribution in [3.63, 3.8) is 0 Å². The quantitative estimate of drug-likeness (QED) is 0.882. The minimum Gasteiger partial charge on any atom is -0.486 e. The highest BCUT2D eigenvalue weighted by molar-refractivity contribution is 7.09. The molecule has 0 fully saturated rings. The van der Waals surface area contributed by atoms with Gasteiger partial charge in [0.25, 0.3) is 0 Å². The summed E-state index contributed by atoms with van der Waals surface area (Å²) in [6.07, 6.45) is -0.0430. The molecule has 5 heteroatoms. The molecule has 4 nitrogen and oxygen atoms in total. The number of nitrogens with zero attached hydrogens (tertiary/aromatic N) is 1. The van der Waals surface area contributed by atoms with Gasteiger partial charge < -0.3 is 9.84 Å². The average molecular weight is 305 g/mol. The van der Waals surface area contributed by atoms with Crippen molar-refractivity contribution < 1.29 is 14.6 Å². The van der Waals surface area contributed by atoms with Gasteiger partial charge in [-0.1, -0.05) is 19.9 Å². The molecular formula is C16H19NO3S. The molecule has 0 aliphatic carbocycles. The number of aromatic nitrogens is 1. The third kappa shape index (κ3) is 4.29. The number of aryl methyl sites for hydroxylation is 1. The Labute approximate surface area is 128 Å². The average Bonchev–Trinajstić information content (AvgIpc) is 2.82. The molecule has 1 aromatic carbocycles. The second kappa shape index (κ2) is 6.72. The Kier molecular flexibility index (Phi) is 4.96. The third-order valence-corrected chi connectivity index (χ3v) is 4.03. The molecule has 0 saturated heterocycles. The first-order valence-electron chi connectivity index (χ1n) is 6.84. The van der Waals surface area contributed by atoms with E-state index in [1.807, 2.05) is 12.1 Å². The number of carboxylic acids is 1. The molecule has 112 valence electrons. The van der Waals surface area contributed by atoms with Crippen LogP contribution in [0.4, 0.5) is 0 Å². The molecule has 2 aromatic rings. The summed E-state index contributed by atoms with van der Waals surface area (Å²) in [5.41, 5.74) is 3.12. The van der Waals surface area contributed by atoms with Crippen LogP contribution in [0.3, 0.4) is 0 Å². The van der Waals surface area contributed by atoms with Gasteiger partial charge in [-0.25, -0.2) is 4.98 Å². The van der Waals surface area contributed by atoms with Crippen molar-refractivity contribution >= 4 is 17.3 Å². The Balaban J connectivity index is 1.98. The maximum Gasteiger partial charge on any atom is 0.309 e. The molecule has 0 aliphatic heterocycles. The summed E-state index contributed by atoms with van der Waals surface area (Å²) < 4.78 is 5.73. The summed E-state index contributed by atoms with van der Waals surface area (Å²) >= 11 is 1.42. The number of rotatable bonds is 6. The van der Waals surface area contributed by atoms with Gasteiger partial charge in [0.2, 0.25) is 0 Å². The number of ether oxygens (including phenoxy) is 1. The van der Waals surface area contributed by atoms with E-state index in [1.165, 1.54) is 22.5 Å². The van der Waals surface area contributed by atoms with Crippen LogP contribution in [0.25, 0.3) is 0 Å². The van der Waals surface area contributed by atoms with E-state index in [4.69, 9.17) is 9.84 Å². The number of aliphatic carboxylic acids is 1. The lowest BCUT2D eigenvalue weighted by Gasteiger charge is -2.11. The van der Waals surface area contributed by atoms with Crippen LogP contribution in [-0.4, -0.2) is 16.1 Å². The molecule has 0 unspecified atom stereocenters. The van der Waals surface area contributed by atoms with E-state index in [1.54, 1.807) is 5.38 Å². The summed E-state index contributed by atoms with van der Waals surface area (Å²) in [6, 6.07) is 6.09. The number of benzene rings is 1. The fraction of sp³-hybridized carbons (Fsp3) is 0.375. The van der Waals surface area contributed by atoms with Gasteiger partial charge >= 0.3 is 5.97 Å². The van der Waals surface area contributed by atoms with E-state index in [-0.39, 0.29) is 6.42 Å². The van der Waals surface area contributed by atoms with Gasteiger partial charge in [0.15, 0.2) is 0 Å². The lowest BCUT2D eigenvalue weighted by Crippen LogP contribution is -2.01. The zero-order valence-electron chi connectivity index (χ0n) is 12.4. The van der Waals surface area contributed by atoms with Gasteiger partial charge in [0.1, 0.15) is 17.4 Å². The Hall–Kier alpha value is -1.88. The van der Waals surface area contributed by atoms with Crippen molar-refractivity contribution in [1.82, 2.24) is 4.98 Å². The predicted octanol–water partition coefficient (Wildman–Crippen LogP) is 3.78. The molecule has 0 aliphatic rings. The van der Waals surface area contributed by atoms with E-state index < -0.39 is 5.97 Å². The number of hydrogen-bond acceptors (Lipinski definition) is 4. The molecule has 1 heterocycles. The van der Waals surface area contributed by atoms with Crippen molar-refractivity contribution in [2.45, 2.75) is 39.7 Å². The van der Waals surface area contributed by atoms with E-state index in [0.717, 1.165) is 10.8 Å². The van der Waals surface area contributed by atoms with Crippen LogP contribution in [0.2, 0.25) is 0 Å². The minimum atomic E-state index is -0.868. The first-order chi connectivity index (χ1) is 9.95. The van der Waals surface area contributed by atoms with Crippen molar-refractivity contribution in [3.05, 3.63) is 45.4 Å². The molecule has 0 radical (unpaired) electrons. The van der Waals surface area contributed by atoms with Crippen LogP contribution < -0.4 is 4.74 Å². The van der Waals surface area contributed by atoms with E-state index in [2.05, 4.69) is 31.8 Å². The van der Waals surface area contributed by atoms with Crippen LogP contribution in [0, 0.1) is 6.92 Å². The molecule has 2 rings (SSSR count). The van der Waals surface area contributed by atoms with Crippen LogP contribution in [0.5, 0.6) is 5.75 Å². The minimum absolute atomic E-state index is 0.0430. The summed E-state index contributed by atoms with van der Waals surface area (Å²) in [5.74, 6) is 0.441. The zero-order chi connectivity index (χ0) is 15.4. The zero-order valence-corrected chi connectivity index (χ0v) is 13.2. The maximum atomic E-state index is 10.6. The van der Waals surface area contributed by atoms with Crippen molar-refractivity contribution in [2.24, 2.45) is 0 Å². The van der Waals surface area contributed by atoms with Gasteiger partial charge in [-0.3, -0.25) is 4.79 Å². The molecule has 0 atom stereocenters. The second-order valence-electron chi connectivity index (χ2n) is 5.26. The molecule has 1 aromatic heterocycles. The first-order valence-corrected chi connectivity index (χ1v) is 7.72. The highest BCUT2D eigenvalue weighted by atomic mass is 32.1. The van der Waals surface area contributed by atoms with Crippen LogP contribution in [-0.2, 0) is 17.8 Å². The van der Waals surface area contributed by atoms with Gasteiger partial charge in [-0.15, -0.1) is 11.3 Å². The summed E-state index contributed by atoms with van der Waals surface area (Å²) in [6.45, 7) is 6.78. The fourth-order valence-corrected chi connectivity index (χ4v) is 2.89. The highest BCUT2D eigenvalue weighted by Gasteiger charge is 2.08. The third-order valence-electron chi connectivity index (χ3n) is 3.16. The van der Waals surface area contributed by atoms with Crippen molar-refractivity contribution in [1.29, 1.82) is 0 Å². The number of carboxylic acid groups (broad SMARTS) is 1. The van der Waals surface area contributed by atoms with Crippen LogP contribution >= 0.6 is 11.3 Å². The van der Waals surface area contributed by atoms with E-state index in [0.29, 0.717) is 18.2 Å². The Morgan fingerprint density at radius 1 is 1.43 bits per heavy atom. The van der Waals surface area contributed by atoms with Gasteiger partial charge in [0, 0.05) is 5.38 Å². The Morgan fingerprint density at radius 3 is 2.81 bits per heavy atom. The number of carbonyl (C=O) groups is 1. The van der Waals surface area contributed by atoms with Gasteiger partial charge in [-0.2, -0.15) is 0 Å². The lowest BCUT2D eigenvalue weighted by atomic mass is 9.98. The first kappa shape index (κ1) is 15.5. The number of hydrogen-bond donors (Lipinski definition) is 1. The van der Waals surface area contributed by atoms with E-state index in [9.17, 15) is 4.79 Å². The molecule has 1 N–H and O–H groups in total. The van der Waals surface area contributed by atoms with Crippen LogP contribution in [0.1, 0.15) is 41.6 Å². The van der Waals surface area contributed by atoms with Gasteiger partial charge in [-0.05, 0) is 36.1 Å². The molecular weight excluding hydrogens is 286 g/mol. The van der Waals surface area contributed by atoms with Crippen LogP contribution in [0.15, 0.2) is 23.6 Å². The van der Waals surface area contributed by atoms with Gasteiger partial charge in [0.05, 0.1) is 12.1 Å². The smallest absolute Gasteiger partial charge is 0.309 e. The fourth-order valence-electron chi connectivity index (χ4n) is 2.18. The molecule has 0 saturated carbocycles. The topological polar surface area (TPSA) is 59.4 Å². The highest BCUT2D eigenvalue weighted by Crippen LogP contribution is 2.24. The molecule has 21 heavy (non-hydrogen) atoms. The normalized spacial score (nSPS) is 10.9. The standard InChI is InChI=1S/C16H19NO3S/c1-10(2)14-5-4-13(6-11(14)3)20-8-15-17-12(9-21-15)7-16(18)19/h4-6,9-10H,7-8H2,1-3H3,(H,18,19). The van der Waals surface area contributed by atoms with Crippen molar-refractivity contribution in [3.8, 4) is 5.75 Å². The summed E-state index contributed by atoms with van der Waals surface area (Å²) in [5, 5.41) is 11.3. The number of thiazole rings is 1. The summed E-state index contributed by atoms with van der Waals surface area (Å²) in [7, 11) is 0. The van der Waals surface area contributed by atoms with Crippen molar-refractivity contribution in [2.75, 3.05) is 0 Å².